The molecule has 0 fully saturated rings. The minimum absolute atomic E-state index is 0.0195. The zero-order valence-corrected chi connectivity index (χ0v) is 21.2. The second-order valence-electron chi connectivity index (χ2n) is 8.09. The zero-order valence-electron chi connectivity index (χ0n) is 18.8. The van der Waals surface area contributed by atoms with Crippen LogP contribution in [0, 0.1) is 0 Å². The van der Waals surface area contributed by atoms with Crippen LogP contribution in [0.4, 0.5) is 10.5 Å². The Hall–Kier alpha value is -2.14. The Morgan fingerprint density at radius 1 is 0.906 bits per heavy atom. The molecule has 0 saturated heterocycles. The second kappa shape index (κ2) is 9.78. The standard InChI is InChI=1S/C21H28ClN3O5S2/c1-13(2)18-10-15(22)11-19(14(3)4)20(18)23-21(26)24-31(27,28)16-8-7-9-17(12-16)32(29,30)25(5)6/h7-14H,1-6H3,(H2,23,24,26). The van der Waals surface area contributed by atoms with Crippen LogP contribution in [0.3, 0.4) is 0 Å². The van der Waals surface area contributed by atoms with Crippen molar-refractivity contribution in [3.8, 4) is 0 Å². The number of amides is 2. The largest absolute Gasteiger partial charge is 0.333 e. The summed E-state index contributed by atoms with van der Waals surface area (Å²) >= 11 is 6.23. The second-order valence-corrected chi connectivity index (χ2v) is 12.4. The Kier molecular flexibility index (Phi) is 7.98. The number of rotatable bonds is 7. The molecule has 0 aliphatic heterocycles. The first-order valence-electron chi connectivity index (χ1n) is 9.86. The summed E-state index contributed by atoms with van der Waals surface area (Å²) in [5.74, 6) is 0.0389. The lowest BCUT2D eigenvalue weighted by Gasteiger charge is -2.21. The number of anilines is 1. The van der Waals surface area contributed by atoms with Crippen LogP contribution in [0.2, 0.25) is 5.02 Å². The Labute approximate surface area is 195 Å². The number of carbonyl (C=O) groups is 1. The molecule has 0 aromatic heterocycles. The van der Waals surface area contributed by atoms with Crippen molar-refractivity contribution in [2.75, 3.05) is 19.4 Å². The third kappa shape index (κ3) is 5.80. The lowest BCUT2D eigenvalue weighted by Crippen LogP contribution is -2.35. The summed E-state index contributed by atoms with van der Waals surface area (Å²) in [6.07, 6.45) is 0. The van der Waals surface area contributed by atoms with E-state index in [1.807, 2.05) is 32.4 Å². The van der Waals surface area contributed by atoms with Crippen molar-refractivity contribution in [1.29, 1.82) is 0 Å². The summed E-state index contributed by atoms with van der Waals surface area (Å²) < 4.78 is 53.1. The van der Waals surface area contributed by atoms with Crippen LogP contribution in [0.1, 0.15) is 50.7 Å². The van der Waals surface area contributed by atoms with Gasteiger partial charge in [0.2, 0.25) is 10.0 Å². The maximum atomic E-state index is 12.8. The van der Waals surface area contributed by atoms with E-state index in [4.69, 9.17) is 11.6 Å². The molecule has 0 unspecified atom stereocenters. The number of urea groups is 1. The molecule has 0 radical (unpaired) electrons. The molecule has 0 aliphatic carbocycles. The Balaban J connectivity index is 2.39. The summed E-state index contributed by atoms with van der Waals surface area (Å²) in [5.41, 5.74) is 2.04. The third-order valence-electron chi connectivity index (χ3n) is 4.77. The highest BCUT2D eigenvalue weighted by atomic mass is 35.5. The minimum atomic E-state index is -4.33. The maximum Gasteiger partial charge on any atom is 0.333 e. The van der Waals surface area contributed by atoms with Gasteiger partial charge in [-0.3, -0.25) is 0 Å². The summed E-state index contributed by atoms with van der Waals surface area (Å²) in [7, 11) is -5.50. The fourth-order valence-electron chi connectivity index (χ4n) is 3.04. The molecular weight excluding hydrogens is 474 g/mol. The zero-order chi connectivity index (χ0) is 24.4. The van der Waals surface area contributed by atoms with Gasteiger partial charge in [0, 0.05) is 24.8 Å². The molecule has 8 nitrogen and oxygen atoms in total. The van der Waals surface area contributed by atoms with Crippen molar-refractivity contribution in [3.05, 3.63) is 52.5 Å². The molecule has 0 atom stereocenters. The van der Waals surface area contributed by atoms with E-state index in [1.54, 1.807) is 12.1 Å². The Morgan fingerprint density at radius 3 is 1.88 bits per heavy atom. The normalized spacial score (nSPS) is 12.4. The highest BCUT2D eigenvalue weighted by molar-refractivity contribution is 7.90. The predicted octanol–water partition coefficient (Wildman–Crippen LogP) is 4.35. The van der Waals surface area contributed by atoms with E-state index < -0.39 is 26.1 Å². The van der Waals surface area contributed by atoms with Crippen LogP contribution in [0.25, 0.3) is 0 Å². The number of sulfonamides is 2. The molecule has 2 aromatic carbocycles. The van der Waals surface area contributed by atoms with Gasteiger partial charge in [0.15, 0.2) is 0 Å². The molecule has 0 aliphatic rings. The quantitative estimate of drug-likeness (QED) is 0.585. The van der Waals surface area contributed by atoms with Crippen molar-refractivity contribution in [2.45, 2.75) is 49.3 Å². The van der Waals surface area contributed by atoms with Crippen molar-refractivity contribution in [3.63, 3.8) is 0 Å². The van der Waals surface area contributed by atoms with Gasteiger partial charge in [-0.2, -0.15) is 0 Å². The third-order valence-corrected chi connectivity index (χ3v) is 8.13. The van der Waals surface area contributed by atoms with E-state index in [1.165, 1.54) is 32.3 Å². The molecule has 2 N–H and O–H groups in total. The van der Waals surface area contributed by atoms with Crippen molar-refractivity contribution in [1.82, 2.24) is 9.03 Å². The van der Waals surface area contributed by atoms with E-state index >= 15 is 0 Å². The highest BCUT2D eigenvalue weighted by Gasteiger charge is 2.24. The topological polar surface area (TPSA) is 113 Å². The van der Waals surface area contributed by atoms with E-state index in [0.29, 0.717) is 10.7 Å². The predicted molar refractivity (Wildman–Crippen MR) is 126 cm³/mol. The van der Waals surface area contributed by atoms with Gasteiger partial charge in [-0.05, 0) is 53.3 Å². The number of hydrogen-bond acceptors (Lipinski definition) is 5. The molecule has 0 spiro atoms. The fraction of sp³-hybridized carbons (Fsp3) is 0.381. The number of halogens is 1. The van der Waals surface area contributed by atoms with Crippen LogP contribution >= 0.6 is 11.6 Å². The number of carbonyl (C=O) groups excluding carboxylic acids is 1. The summed E-state index contributed by atoms with van der Waals surface area (Å²) in [5, 5.41) is 3.17. The smallest absolute Gasteiger partial charge is 0.307 e. The SMILES string of the molecule is CC(C)c1cc(Cl)cc(C(C)C)c1NC(=O)NS(=O)(=O)c1cccc(S(=O)(=O)N(C)C)c1. The van der Waals surface area contributed by atoms with Gasteiger partial charge in [-0.25, -0.2) is 30.7 Å². The van der Waals surface area contributed by atoms with Gasteiger partial charge < -0.3 is 5.32 Å². The van der Waals surface area contributed by atoms with E-state index in [2.05, 4.69) is 5.32 Å². The van der Waals surface area contributed by atoms with E-state index in [0.717, 1.165) is 21.5 Å². The van der Waals surface area contributed by atoms with Crippen LogP contribution in [0.15, 0.2) is 46.2 Å². The van der Waals surface area contributed by atoms with Crippen molar-refractivity contribution >= 4 is 43.4 Å². The molecule has 11 heteroatoms. The minimum Gasteiger partial charge on any atom is -0.307 e. The average Bonchev–Trinajstić information content (AvgIpc) is 2.68. The van der Waals surface area contributed by atoms with Gasteiger partial charge in [-0.1, -0.05) is 45.4 Å². The first-order chi connectivity index (χ1) is 14.7. The van der Waals surface area contributed by atoms with Gasteiger partial charge >= 0.3 is 6.03 Å². The van der Waals surface area contributed by atoms with Gasteiger partial charge in [0.05, 0.1) is 9.79 Å². The number of nitrogens with zero attached hydrogens (tertiary/aromatic N) is 1. The van der Waals surface area contributed by atoms with Crippen molar-refractivity contribution in [2.24, 2.45) is 0 Å². The molecule has 0 heterocycles. The van der Waals surface area contributed by atoms with Crippen molar-refractivity contribution < 1.29 is 21.6 Å². The molecule has 2 rings (SSSR count). The molecule has 2 amide bonds. The van der Waals surface area contributed by atoms with Gasteiger partial charge in [0.1, 0.15) is 0 Å². The van der Waals surface area contributed by atoms with Crippen LogP contribution < -0.4 is 10.0 Å². The van der Waals surface area contributed by atoms with Gasteiger partial charge in [0.25, 0.3) is 10.0 Å². The summed E-state index contributed by atoms with van der Waals surface area (Å²) in [4.78, 5) is 12.1. The monoisotopic (exact) mass is 501 g/mol. The fourth-order valence-corrected chi connectivity index (χ4v) is 5.25. The molecule has 176 valence electrons. The first kappa shape index (κ1) is 26.1. The average molecular weight is 502 g/mol. The van der Waals surface area contributed by atoms with Crippen LogP contribution in [-0.2, 0) is 20.0 Å². The number of benzene rings is 2. The maximum absolute atomic E-state index is 12.8. The number of hydrogen-bond donors (Lipinski definition) is 2. The highest BCUT2D eigenvalue weighted by Crippen LogP contribution is 2.35. The Bertz CT molecular complexity index is 1190. The first-order valence-corrected chi connectivity index (χ1v) is 13.2. The van der Waals surface area contributed by atoms with E-state index in [9.17, 15) is 21.6 Å². The molecule has 0 saturated carbocycles. The number of nitrogens with one attached hydrogen (secondary N) is 2. The lowest BCUT2D eigenvalue weighted by atomic mass is 9.92. The molecule has 32 heavy (non-hydrogen) atoms. The summed E-state index contributed by atoms with van der Waals surface area (Å²) in [6.45, 7) is 7.75. The van der Waals surface area contributed by atoms with Crippen LogP contribution in [0.5, 0.6) is 0 Å². The molecular formula is C21H28ClN3O5S2. The lowest BCUT2D eigenvalue weighted by molar-refractivity contribution is 0.256. The Morgan fingerprint density at radius 2 is 1.41 bits per heavy atom. The van der Waals surface area contributed by atoms with Crippen LogP contribution in [-0.4, -0.2) is 41.3 Å². The van der Waals surface area contributed by atoms with E-state index in [-0.39, 0.29) is 21.6 Å². The molecule has 0 bridgehead atoms. The summed E-state index contributed by atoms with van der Waals surface area (Å²) in [6, 6.07) is 7.31. The molecule has 2 aromatic rings. The van der Waals surface area contributed by atoms with Gasteiger partial charge in [-0.15, -0.1) is 0 Å².